The lowest BCUT2D eigenvalue weighted by molar-refractivity contribution is -0.120. The number of hydrogen-bond acceptors (Lipinski definition) is 1. The van der Waals surface area contributed by atoms with E-state index in [1.165, 1.54) is 6.07 Å². The van der Waals surface area contributed by atoms with Crippen molar-refractivity contribution in [1.29, 1.82) is 0 Å². The normalized spacial score (nSPS) is 20.4. The third kappa shape index (κ3) is 1.39. The second-order valence-corrected chi connectivity index (χ2v) is 3.61. The molecule has 2 nitrogen and oxygen atoms in total. The molecule has 3 heteroatoms. The Kier molecular flexibility index (Phi) is 2.23. The molecule has 0 spiro atoms. The number of halogens is 1. The molecule has 1 amide bonds. The maximum Gasteiger partial charge on any atom is 0.210 e. The summed E-state index contributed by atoms with van der Waals surface area (Å²) >= 11 is 0. The molecule has 0 radical (unpaired) electrons. The second-order valence-electron chi connectivity index (χ2n) is 3.61. The molecule has 0 aromatic heterocycles. The first-order chi connectivity index (χ1) is 6.72. The summed E-state index contributed by atoms with van der Waals surface area (Å²) in [5.74, 6) is -0.199. The lowest BCUT2D eigenvalue weighted by atomic mass is 9.94. The van der Waals surface area contributed by atoms with Crippen molar-refractivity contribution >= 4 is 6.41 Å². The van der Waals surface area contributed by atoms with Crippen LogP contribution in [0.4, 0.5) is 4.39 Å². The molecule has 1 aliphatic rings. The number of amides is 1. The molecule has 14 heavy (non-hydrogen) atoms. The third-order valence-electron chi connectivity index (χ3n) is 2.83. The van der Waals surface area contributed by atoms with Crippen molar-refractivity contribution in [3.8, 4) is 0 Å². The number of carbonyl (C=O) groups excluding carboxylic acids is 1. The van der Waals surface area contributed by atoms with Crippen LogP contribution in [0.25, 0.3) is 0 Å². The van der Waals surface area contributed by atoms with Gasteiger partial charge in [0, 0.05) is 6.54 Å². The molecule has 0 bridgehead atoms. The van der Waals surface area contributed by atoms with Crippen LogP contribution in [0.5, 0.6) is 0 Å². The molecular weight excluding hydrogens is 181 g/mol. The zero-order chi connectivity index (χ0) is 10.1. The van der Waals surface area contributed by atoms with Crippen molar-refractivity contribution in [2.24, 2.45) is 0 Å². The van der Waals surface area contributed by atoms with E-state index in [4.69, 9.17) is 0 Å². The van der Waals surface area contributed by atoms with Gasteiger partial charge in [0.2, 0.25) is 6.41 Å². The van der Waals surface area contributed by atoms with Gasteiger partial charge in [-0.3, -0.25) is 4.79 Å². The van der Waals surface area contributed by atoms with E-state index in [-0.39, 0.29) is 11.9 Å². The number of rotatable bonds is 1. The molecule has 1 aromatic rings. The lowest BCUT2D eigenvalue weighted by Gasteiger charge is -2.32. The van der Waals surface area contributed by atoms with Crippen molar-refractivity contribution in [2.75, 3.05) is 6.54 Å². The molecule has 74 valence electrons. The fraction of sp³-hybridized carbons (Fsp3) is 0.364. The number of nitrogens with zero attached hydrogens (tertiary/aromatic N) is 1. The quantitative estimate of drug-likeness (QED) is 0.624. The van der Waals surface area contributed by atoms with E-state index in [1.807, 2.05) is 6.92 Å². The highest BCUT2D eigenvalue weighted by Gasteiger charge is 2.22. The molecule has 1 heterocycles. The van der Waals surface area contributed by atoms with Gasteiger partial charge < -0.3 is 4.90 Å². The number of fused-ring (bicyclic) bond motifs is 1. The summed E-state index contributed by atoms with van der Waals surface area (Å²) in [4.78, 5) is 12.4. The van der Waals surface area contributed by atoms with Crippen LogP contribution < -0.4 is 0 Å². The highest BCUT2D eigenvalue weighted by molar-refractivity contribution is 5.50. The van der Waals surface area contributed by atoms with Crippen LogP contribution in [-0.2, 0) is 11.2 Å². The van der Waals surface area contributed by atoms with Gasteiger partial charge in [0.15, 0.2) is 0 Å². The number of benzene rings is 1. The third-order valence-corrected chi connectivity index (χ3v) is 2.83. The fourth-order valence-electron chi connectivity index (χ4n) is 1.96. The van der Waals surface area contributed by atoms with Gasteiger partial charge in [-0.2, -0.15) is 0 Å². The van der Waals surface area contributed by atoms with Crippen LogP contribution in [0, 0.1) is 5.82 Å². The molecule has 1 atom stereocenters. The van der Waals surface area contributed by atoms with E-state index in [9.17, 15) is 9.18 Å². The average molecular weight is 193 g/mol. The van der Waals surface area contributed by atoms with E-state index >= 15 is 0 Å². The van der Waals surface area contributed by atoms with Gasteiger partial charge >= 0.3 is 0 Å². The molecule has 1 aromatic carbocycles. The Labute approximate surface area is 82.3 Å². The number of hydrogen-bond donors (Lipinski definition) is 0. The van der Waals surface area contributed by atoms with Crippen molar-refractivity contribution < 1.29 is 9.18 Å². The van der Waals surface area contributed by atoms with Gasteiger partial charge in [0.25, 0.3) is 0 Å². The summed E-state index contributed by atoms with van der Waals surface area (Å²) in [5, 5.41) is 0. The Balaban J connectivity index is 2.40. The number of carbonyl (C=O) groups is 1. The van der Waals surface area contributed by atoms with Crippen molar-refractivity contribution in [3.63, 3.8) is 0 Å². The van der Waals surface area contributed by atoms with Gasteiger partial charge in [-0.05, 0) is 36.6 Å². The molecule has 1 unspecified atom stereocenters. The fourth-order valence-corrected chi connectivity index (χ4v) is 1.96. The van der Waals surface area contributed by atoms with Gasteiger partial charge in [-0.15, -0.1) is 0 Å². The van der Waals surface area contributed by atoms with Crippen molar-refractivity contribution in [3.05, 3.63) is 35.1 Å². The highest BCUT2D eigenvalue weighted by Crippen LogP contribution is 2.28. The molecular formula is C11H12FNO. The van der Waals surface area contributed by atoms with E-state index in [2.05, 4.69) is 0 Å². The Hall–Kier alpha value is -1.38. The zero-order valence-corrected chi connectivity index (χ0v) is 8.03. The van der Waals surface area contributed by atoms with Crippen LogP contribution >= 0.6 is 0 Å². The minimum absolute atomic E-state index is 0.0665. The van der Waals surface area contributed by atoms with Crippen LogP contribution in [0.2, 0.25) is 0 Å². The SMILES string of the molecule is CC1c2ccc(F)cc2CCN1C=O. The van der Waals surface area contributed by atoms with Gasteiger partial charge in [0.1, 0.15) is 5.82 Å². The van der Waals surface area contributed by atoms with E-state index in [0.717, 1.165) is 24.0 Å². The van der Waals surface area contributed by atoms with Crippen LogP contribution in [-0.4, -0.2) is 17.9 Å². The van der Waals surface area contributed by atoms with Gasteiger partial charge in [-0.25, -0.2) is 4.39 Å². The largest absolute Gasteiger partial charge is 0.338 e. The molecule has 0 fully saturated rings. The standard InChI is InChI=1S/C11H12FNO/c1-8-11-3-2-10(12)6-9(11)4-5-13(8)7-14/h2-3,6-8H,4-5H2,1H3. The summed E-state index contributed by atoms with van der Waals surface area (Å²) in [7, 11) is 0. The molecule has 0 saturated heterocycles. The first kappa shape index (κ1) is 9.19. The summed E-state index contributed by atoms with van der Waals surface area (Å²) in [6.07, 6.45) is 1.60. The molecule has 0 saturated carbocycles. The Bertz CT molecular complexity index is 364. The first-order valence-electron chi connectivity index (χ1n) is 4.71. The maximum atomic E-state index is 12.9. The second kappa shape index (κ2) is 3.40. The predicted molar refractivity (Wildman–Crippen MR) is 51.3 cm³/mol. The van der Waals surface area contributed by atoms with E-state index < -0.39 is 0 Å². The molecule has 0 N–H and O–H groups in total. The van der Waals surface area contributed by atoms with E-state index in [1.54, 1.807) is 17.0 Å². The molecule has 0 aliphatic carbocycles. The minimum Gasteiger partial charge on any atom is -0.338 e. The summed E-state index contributed by atoms with van der Waals surface area (Å²) in [6, 6.07) is 4.85. The summed E-state index contributed by atoms with van der Waals surface area (Å²) in [5.41, 5.74) is 2.08. The Morgan fingerprint density at radius 1 is 1.57 bits per heavy atom. The molecule has 1 aliphatic heterocycles. The van der Waals surface area contributed by atoms with Crippen molar-refractivity contribution in [1.82, 2.24) is 4.90 Å². The lowest BCUT2D eigenvalue weighted by Crippen LogP contribution is -2.32. The Morgan fingerprint density at radius 3 is 3.07 bits per heavy atom. The van der Waals surface area contributed by atoms with Crippen LogP contribution in [0.1, 0.15) is 24.1 Å². The zero-order valence-electron chi connectivity index (χ0n) is 8.03. The first-order valence-corrected chi connectivity index (χ1v) is 4.71. The summed E-state index contributed by atoms with van der Waals surface area (Å²) < 4.78 is 12.9. The van der Waals surface area contributed by atoms with Gasteiger partial charge in [-0.1, -0.05) is 6.07 Å². The van der Waals surface area contributed by atoms with Crippen LogP contribution in [0.15, 0.2) is 18.2 Å². The predicted octanol–water partition coefficient (Wildman–Crippen LogP) is 1.90. The van der Waals surface area contributed by atoms with Gasteiger partial charge in [0.05, 0.1) is 6.04 Å². The topological polar surface area (TPSA) is 20.3 Å². The summed E-state index contributed by atoms with van der Waals surface area (Å²) in [6.45, 7) is 2.64. The van der Waals surface area contributed by atoms with Crippen molar-refractivity contribution in [2.45, 2.75) is 19.4 Å². The van der Waals surface area contributed by atoms with Crippen LogP contribution in [0.3, 0.4) is 0 Å². The molecule has 2 rings (SSSR count). The minimum atomic E-state index is -0.199. The maximum absolute atomic E-state index is 12.9. The Morgan fingerprint density at radius 2 is 2.36 bits per heavy atom. The smallest absolute Gasteiger partial charge is 0.210 e. The highest BCUT2D eigenvalue weighted by atomic mass is 19.1. The monoisotopic (exact) mass is 193 g/mol. The van der Waals surface area contributed by atoms with E-state index in [0.29, 0.717) is 6.54 Å². The average Bonchev–Trinajstić information content (AvgIpc) is 2.18.